The van der Waals surface area contributed by atoms with Crippen LogP contribution in [-0.4, -0.2) is 4.98 Å². The lowest BCUT2D eigenvalue weighted by atomic mass is 9.94. The minimum absolute atomic E-state index is 1.01. The molecule has 0 aliphatic heterocycles. The van der Waals surface area contributed by atoms with Crippen molar-refractivity contribution in [1.29, 1.82) is 0 Å². The van der Waals surface area contributed by atoms with Gasteiger partial charge in [0, 0.05) is 21.9 Å². The highest BCUT2D eigenvalue weighted by Gasteiger charge is 2.21. The smallest absolute Gasteiger partial charge is 0.0544 e. The third kappa shape index (κ3) is 2.52. The molecule has 1 nitrogen and oxygen atoms in total. The van der Waals surface area contributed by atoms with Gasteiger partial charge in [-0.3, -0.25) is 0 Å². The molecule has 1 heterocycles. The van der Waals surface area contributed by atoms with E-state index in [0.717, 1.165) is 6.42 Å². The first kappa shape index (κ1) is 17.6. The topological polar surface area (TPSA) is 15.8 Å². The van der Waals surface area contributed by atoms with Crippen molar-refractivity contribution in [1.82, 2.24) is 4.98 Å². The van der Waals surface area contributed by atoms with Crippen LogP contribution in [0.2, 0.25) is 0 Å². The molecular formula is C31H21N. The second-order valence-electron chi connectivity index (χ2n) is 8.64. The summed E-state index contributed by atoms with van der Waals surface area (Å²) in [5.74, 6) is 0. The van der Waals surface area contributed by atoms with Crippen molar-refractivity contribution in [2.45, 2.75) is 6.42 Å². The molecule has 0 atom stereocenters. The molecule has 7 rings (SSSR count). The lowest BCUT2D eigenvalue weighted by Crippen LogP contribution is -1.88. The second-order valence-corrected chi connectivity index (χ2v) is 8.64. The molecule has 32 heavy (non-hydrogen) atoms. The van der Waals surface area contributed by atoms with Crippen LogP contribution in [0.4, 0.5) is 0 Å². The van der Waals surface area contributed by atoms with Gasteiger partial charge < -0.3 is 4.98 Å². The van der Waals surface area contributed by atoms with E-state index >= 15 is 0 Å². The summed E-state index contributed by atoms with van der Waals surface area (Å²) in [6.45, 7) is 0. The van der Waals surface area contributed by atoms with Gasteiger partial charge in [0.05, 0.1) is 5.52 Å². The summed E-state index contributed by atoms with van der Waals surface area (Å²) in [7, 11) is 0. The summed E-state index contributed by atoms with van der Waals surface area (Å²) >= 11 is 0. The zero-order valence-corrected chi connectivity index (χ0v) is 17.6. The number of H-pyrrole nitrogens is 1. The number of para-hydroxylation sites is 2. The SMILES string of the molecule is c1ccc2c(c1)Cc1c(-c3ccc(-c4cccc5c4[nH]c4ccccc45)cc3)cccc1-2. The maximum absolute atomic E-state index is 3.64. The van der Waals surface area contributed by atoms with Crippen molar-refractivity contribution >= 4 is 21.8 Å². The van der Waals surface area contributed by atoms with Crippen LogP contribution in [0.1, 0.15) is 11.1 Å². The Morgan fingerprint density at radius 3 is 2.00 bits per heavy atom. The molecule has 0 saturated heterocycles. The van der Waals surface area contributed by atoms with E-state index in [0.29, 0.717) is 0 Å². The molecular weight excluding hydrogens is 386 g/mol. The van der Waals surface area contributed by atoms with Gasteiger partial charge in [-0.05, 0) is 51.4 Å². The molecule has 0 radical (unpaired) electrons. The van der Waals surface area contributed by atoms with Crippen LogP contribution >= 0.6 is 0 Å². The van der Waals surface area contributed by atoms with Crippen LogP contribution in [0.3, 0.4) is 0 Å². The number of hydrogen-bond donors (Lipinski definition) is 1. The summed E-state index contributed by atoms with van der Waals surface area (Å²) in [6.07, 6.45) is 1.01. The maximum atomic E-state index is 3.64. The second kappa shape index (κ2) is 6.70. The third-order valence-corrected chi connectivity index (χ3v) is 6.90. The fourth-order valence-electron chi connectivity index (χ4n) is 5.37. The molecule has 6 aromatic rings. The van der Waals surface area contributed by atoms with Crippen molar-refractivity contribution in [2.24, 2.45) is 0 Å². The van der Waals surface area contributed by atoms with Crippen molar-refractivity contribution < 1.29 is 0 Å². The van der Waals surface area contributed by atoms with Gasteiger partial charge in [0.25, 0.3) is 0 Å². The quantitative estimate of drug-likeness (QED) is 0.297. The summed E-state index contributed by atoms with van der Waals surface area (Å²) in [4.78, 5) is 3.64. The summed E-state index contributed by atoms with van der Waals surface area (Å²) in [6, 6.07) is 39.7. The Balaban J connectivity index is 1.33. The van der Waals surface area contributed by atoms with Crippen molar-refractivity contribution in [2.75, 3.05) is 0 Å². The van der Waals surface area contributed by atoms with Gasteiger partial charge in [0.15, 0.2) is 0 Å². The van der Waals surface area contributed by atoms with Crippen LogP contribution in [0.15, 0.2) is 109 Å². The Kier molecular flexibility index (Phi) is 3.68. The average molecular weight is 408 g/mol. The molecule has 1 aromatic heterocycles. The molecule has 0 saturated carbocycles. The molecule has 0 unspecified atom stereocenters. The highest BCUT2D eigenvalue weighted by molar-refractivity contribution is 6.11. The molecule has 0 amide bonds. The predicted molar refractivity (Wildman–Crippen MR) is 135 cm³/mol. The van der Waals surface area contributed by atoms with E-state index in [-0.39, 0.29) is 0 Å². The van der Waals surface area contributed by atoms with Crippen LogP contribution in [0, 0.1) is 0 Å². The van der Waals surface area contributed by atoms with Gasteiger partial charge in [0.2, 0.25) is 0 Å². The van der Waals surface area contributed by atoms with E-state index in [9.17, 15) is 0 Å². The highest BCUT2D eigenvalue weighted by atomic mass is 14.7. The fourth-order valence-corrected chi connectivity index (χ4v) is 5.37. The van der Waals surface area contributed by atoms with E-state index in [1.165, 1.54) is 66.3 Å². The minimum Gasteiger partial charge on any atom is -0.354 e. The van der Waals surface area contributed by atoms with Crippen molar-refractivity contribution in [3.05, 3.63) is 120 Å². The molecule has 0 bridgehead atoms. The van der Waals surface area contributed by atoms with Crippen LogP contribution in [0.25, 0.3) is 55.2 Å². The number of fused-ring (bicyclic) bond motifs is 6. The van der Waals surface area contributed by atoms with Crippen LogP contribution in [0.5, 0.6) is 0 Å². The average Bonchev–Trinajstić information content (AvgIpc) is 3.42. The molecule has 5 aromatic carbocycles. The number of nitrogens with one attached hydrogen (secondary N) is 1. The van der Waals surface area contributed by atoms with E-state index in [1.807, 2.05) is 0 Å². The first-order valence-corrected chi connectivity index (χ1v) is 11.2. The van der Waals surface area contributed by atoms with Gasteiger partial charge in [-0.15, -0.1) is 0 Å². The number of aromatic amines is 1. The Hall–Kier alpha value is -4.10. The van der Waals surface area contributed by atoms with E-state index in [2.05, 4.69) is 114 Å². The van der Waals surface area contributed by atoms with E-state index < -0.39 is 0 Å². The Bertz CT molecular complexity index is 1630. The first-order valence-electron chi connectivity index (χ1n) is 11.2. The van der Waals surface area contributed by atoms with Gasteiger partial charge in [-0.1, -0.05) is 103 Å². The van der Waals surface area contributed by atoms with E-state index in [4.69, 9.17) is 0 Å². The Morgan fingerprint density at radius 1 is 0.469 bits per heavy atom. The first-order chi connectivity index (χ1) is 15.9. The Morgan fingerprint density at radius 2 is 1.09 bits per heavy atom. The summed E-state index contributed by atoms with van der Waals surface area (Å²) in [5, 5.41) is 2.56. The van der Waals surface area contributed by atoms with Crippen molar-refractivity contribution in [3.63, 3.8) is 0 Å². The van der Waals surface area contributed by atoms with E-state index in [1.54, 1.807) is 0 Å². The predicted octanol–water partition coefficient (Wildman–Crippen LogP) is 8.23. The monoisotopic (exact) mass is 407 g/mol. The van der Waals surface area contributed by atoms with Gasteiger partial charge in [-0.25, -0.2) is 0 Å². The fraction of sp³-hybridized carbons (Fsp3) is 0.0323. The molecule has 1 heteroatoms. The number of rotatable bonds is 2. The minimum atomic E-state index is 1.01. The van der Waals surface area contributed by atoms with Crippen LogP contribution in [-0.2, 0) is 6.42 Å². The van der Waals surface area contributed by atoms with Gasteiger partial charge in [0.1, 0.15) is 0 Å². The molecule has 1 N–H and O–H groups in total. The van der Waals surface area contributed by atoms with Crippen molar-refractivity contribution in [3.8, 4) is 33.4 Å². The zero-order chi connectivity index (χ0) is 21.1. The van der Waals surface area contributed by atoms with Gasteiger partial charge >= 0.3 is 0 Å². The lowest BCUT2D eigenvalue weighted by Gasteiger charge is -2.10. The van der Waals surface area contributed by atoms with Crippen LogP contribution < -0.4 is 0 Å². The molecule has 0 spiro atoms. The summed E-state index contributed by atoms with van der Waals surface area (Å²) in [5.41, 5.74) is 13.1. The third-order valence-electron chi connectivity index (χ3n) is 6.90. The standard InChI is InChI=1S/C31H21N/c1-2-8-24-22(7-1)19-29-23(10-5-12-26(24)29)20-15-17-21(18-16-20)25-11-6-13-28-27-9-3-4-14-30(27)32-31(25)28/h1-18,32H,19H2. The number of benzene rings is 5. The molecule has 0 fully saturated rings. The number of hydrogen-bond acceptors (Lipinski definition) is 0. The number of aromatic nitrogens is 1. The summed E-state index contributed by atoms with van der Waals surface area (Å²) < 4.78 is 0. The molecule has 150 valence electrons. The van der Waals surface area contributed by atoms with Gasteiger partial charge in [-0.2, -0.15) is 0 Å². The normalized spacial score (nSPS) is 12.2. The lowest BCUT2D eigenvalue weighted by molar-refractivity contribution is 1.26. The molecule has 1 aliphatic carbocycles. The zero-order valence-electron chi connectivity index (χ0n) is 17.6. The highest BCUT2D eigenvalue weighted by Crippen LogP contribution is 2.42. The molecule has 1 aliphatic rings. The Labute approximate surface area is 187 Å². The maximum Gasteiger partial charge on any atom is 0.0544 e. The largest absolute Gasteiger partial charge is 0.354 e.